The maximum atomic E-state index is 12.5. The van der Waals surface area contributed by atoms with Gasteiger partial charge in [0.05, 0.1) is 5.92 Å². The van der Waals surface area contributed by atoms with Crippen molar-refractivity contribution in [2.45, 2.75) is 46.5 Å². The molecular formula is C19H24NO3-. The zero-order valence-electron chi connectivity index (χ0n) is 14.2. The summed E-state index contributed by atoms with van der Waals surface area (Å²) in [6.07, 6.45) is 0.860. The lowest BCUT2D eigenvalue weighted by Gasteiger charge is -2.32. The molecule has 124 valence electrons. The van der Waals surface area contributed by atoms with Crippen LogP contribution in [-0.4, -0.2) is 11.9 Å². The van der Waals surface area contributed by atoms with Crippen LogP contribution in [0.2, 0.25) is 0 Å². The lowest BCUT2D eigenvalue weighted by molar-refractivity contribution is -0.313. The number of aliphatic carboxylic acids is 1. The van der Waals surface area contributed by atoms with E-state index in [4.69, 9.17) is 0 Å². The summed E-state index contributed by atoms with van der Waals surface area (Å²) in [7, 11) is 0. The Bertz CT molecular complexity index is 629. The molecule has 0 saturated heterocycles. The van der Waals surface area contributed by atoms with Crippen molar-refractivity contribution < 1.29 is 14.7 Å². The van der Waals surface area contributed by atoms with Crippen LogP contribution in [-0.2, 0) is 9.59 Å². The molecular weight excluding hydrogens is 290 g/mol. The van der Waals surface area contributed by atoms with Crippen LogP contribution in [0, 0.1) is 11.8 Å². The molecule has 2 unspecified atom stereocenters. The van der Waals surface area contributed by atoms with Gasteiger partial charge in [0.25, 0.3) is 0 Å². The molecule has 4 heteroatoms. The highest BCUT2D eigenvalue weighted by molar-refractivity contribution is 5.95. The number of amides is 1. The quantitative estimate of drug-likeness (QED) is 0.869. The summed E-state index contributed by atoms with van der Waals surface area (Å²) in [5.41, 5.74) is 4.03. The molecule has 2 atom stereocenters. The van der Waals surface area contributed by atoms with Crippen molar-refractivity contribution in [3.05, 3.63) is 41.0 Å². The van der Waals surface area contributed by atoms with E-state index in [0.717, 1.165) is 11.1 Å². The minimum Gasteiger partial charge on any atom is -0.550 e. The molecule has 1 aromatic carbocycles. The molecule has 0 heterocycles. The van der Waals surface area contributed by atoms with E-state index in [0.29, 0.717) is 24.4 Å². The van der Waals surface area contributed by atoms with Crippen LogP contribution >= 0.6 is 0 Å². The molecule has 1 aliphatic rings. The summed E-state index contributed by atoms with van der Waals surface area (Å²) in [6, 6.07) is 7.68. The lowest BCUT2D eigenvalue weighted by atomic mass is 9.76. The van der Waals surface area contributed by atoms with Gasteiger partial charge in [-0.3, -0.25) is 4.79 Å². The predicted molar refractivity (Wildman–Crippen MR) is 88.8 cm³/mol. The maximum Gasteiger partial charge on any atom is 0.228 e. The first-order valence-corrected chi connectivity index (χ1v) is 8.06. The third kappa shape index (κ3) is 4.01. The third-order valence-corrected chi connectivity index (χ3v) is 4.75. The SMILES string of the molecule is CC1=C(C)CC(C(=O)Nc2ccc(C(C)C)cc2)C(C(=O)[O-])C1. The van der Waals surface area contributed by atoms with Gasteiger partial charge in [-0.25, -0.2) is 0 Å². The van der Waals surface area contributed by atoms with Crippen LogP contribution in [0.1, 0.15) is 52.0 Å². The van der Waals surface area contributed by atoms with Crippen LogP contribution in [0.4, 0.5) is 5.69 Å². The first kappa shape index (κ1) is 17.3. The Hall–Kier alpha value is -2.10. The second kappa shape index (κ2) is 6.99. The Morgan fingerprint density at radius 1 is 1.04 bits per heavy atom. The topological polar surface area (TPSA) is 69.2 Å². The average molecular weight is 314 g/mol. The Morgan fingerprint density at radius 2 is 1.57 bits per heavy atom. The van der Waals surface area contributed by atoms with Crippen molar-refractivity contribution in [2.24, 2.45) is 11.8 Å². The standard InChI is InChI=1S/C19H25NO3/c1-11(2)14-5-7-15(8-6-14)20-18(21)16-9-12(3)13(4)10-17(16)19(22)23/h5-8,11,16-17H,9-10H2,1-4H3,(H,20,21)(H,22,23)/p-1. The Kier molecular flexibility index (Phi) is 5.24. The van der Waals surface area contributed by atoms with E-state index in [1.54, 1.807) is 0 Å². The zero-order valence-corrected chi connectivity index (χ0v) is 14.2. The van der Waals surface area contributed by atoms with E-state index in [1.807, 2.05) is 38.1 Å². The number of allylic oxidation sites excluding steroid dienone is 2. The average Bonchev–Trinajstić information content (AvgIpc) is 2.49. The van der Waals surface area contributed by atoms with Crippen molar-refractivity contribution in [1.29, 1.82) is 0 Å². The summed E-state index contributed by atoms with van der Waals surface area (Å²) in [5, 5.41) is 14.2. The number of hydrogen-bond donors (Lipinski definition) is 1. The van der Waals surface area contributed by atoms with Gasteiger partial charge in [0.15, 0.2) is 0 Å². The number of benzene rings is 1. The Labute approximate surface area is 137 Å². The molecule has 1 aromatic rings. The van der Waals surface area contributed by atoms with Gasteiger partial charge >= 0.3 is 0 Å². The van der Waals surface area contributed by atoms with Crippen molar-refractivity contribution >= 4 is 17.6 Å². The van der Waals surface area contributed by atoms with Crippen molar-refractivity contribution in [3.8, 4) is 0 Å². The van der Waals surface area contributed by atoms with Crippen LogP contribution in [0.25, 0.3) is 0 Å². The third-order valence-electron chi connectivity index (χ3n) is 4.75. The van der Waals surface area contributed by atoms with E-state index < -0.39 is 17.8 Å². The first-order valence-electron chi connectivity index (χ1n) is 8.06. The van der Waals surface area contributed by atoms with Crippen LogP contribution in [0.15, 0.2) is 35.4 Å². The molecule has 0 aliphatic heterocycles. The molecule has 1 amide bonds. The van der Waals surface area contributed by atoms with Gasteiger partial charge in [0.2, 0.25) is 5.91 Å². The van der Waals surface area contributed by atoms with Gasteiger partial charge in [0, 0.05) is 17.6 Å². The summed E-state index contributed by atoms with van der Waals surface area (Å²) in [6.45, 7) is 8.09. The number of carbonyl (C=O) groups is 2. The molecule has 1 aliphatic carbocycles. The zero-order chi connectivity index (χ0) is 17.1. The predicted octanol–water partition coefficient (Wildman–Crippen LogP) is 2.86. The van der Waals surface area contributed by atoms with Gasteiger partial charge < -0.3 is 15.2 Å². The fourth-order valence-electron chi connectivity index (χ4n) is 3.00. The molecule has 0 saturated carbocycles. The van der Waals surface area contributed by atoms with Crippen molar-refractivity contribution in [2.75, 3.05) is 5.32 Å². The van der Waals surface area contributed by atoms with Gasteiger partial charge in [-0.1, -0.05) is 37.1 Å². The monoisotopic (exact) mass is 314 g/mol. The minimum atomic E-state index is -1.15. The number of rotatable bonds is 4. The largest absolute Gasteiger partial charge is 0.550 e. The molecule has 0 aromatic heterocycles. The maximum absolute atomic E-state index is 12.5. The number of nitrogens with one attached hydrogen (secondary N) is 1. The van der Waals surface area contributed by atoms with E-state index in [9.17, 15) is 14.7 Å². The molecule has 0 radical (unpaired) electrons. The molecule has 0 bridgehead atoms. The fraction of sp³-hybridized carbons (Fsp3) is 0.474. The molecule has 0 spiro atoms. The van der Waals surface area contributed by atoms with E-state index >= 15 is 0 Å². The summed E-state index contributed by atoms with van der Waals surface area (Å²) >= 11 is 0. The number of carboxylic acid groups (broad SMARTS) is 1. The minimum absolute atomic E-state index is 0.247. The Balaban J connectivity index is 2.13. The second-order valence-corrected chi connectivity index (χ2v) is 6.77. The van der Waals surface area contributed by atoms with E-state index in [-0.39, 0.29) is 5.91 Å². The Morgan fingerprint density at radius 3 is 2.04 bits per heavy atom. The van der Waals surface area contributed by atoms with Crippen molar-refractivity contribution in [1.82, 2.24) is 0 Å². The first-order chi connectivity index (χ1) is 10.8. The molecule has 0 fully saturated rings. The van der Waals surface area contributed by atoms with Crippen LogP contribution in [0.5, 0.6) is 0 Å². The van der Waals surface area contributed by atoms with Crippen LogP contribution < -0.4 is 10.4 Å². The van der Waals surface area contributed by atoms with Gasteiger partial charge in [-0.05, 0) is 50.3 Å². The smallest absolute Gasteiger partial charge is 0.228 e. The highest BCUT2D eigenvalue weighted by atomic mass is 16.4. The van der Waals surface area contributed by atoms with Crippen molar-refractivity contribution in [3.63, 3.8) is 0 Å². The second-order valence-electron chi connectivity index (χ2n) is 6.77. The normalized spacial score (nSPS) is 21.4. The van der Waals surface area contributed by atoms with E-state index in [2.05, 4.69) is 19.2 Å². The van der Waals surface area contributed by atoms with Gasteiger partial charge in [0.1, 0.15) is 0 Å². The lowest BCUT2D eigenvalue weighted by Crippen LogP contribution is -2.42. The van der Waals surface area contributed by atoms with Gasteiger partial charge in [-0.15, -0.1) is 0 Å². The fourth-order valence-corrected chi connectivity index (χ4v) is 3.00. The highest BCUT2D eigenvalue weighted by Crippen LogP contribution is 2.34. The number of carboxylic acids is 1. The molecule has 4 nitrogen and oxygen atoms in total. The highest BCUT2D eigenvalue weighted by Gasteiger charge is 2.33. The van der Waals surface area contributed by atoms with Gasteiger partial charge in [-0.2, -0.15) is 0 Å². The number of carbonyl (C=O) groups excluding carboxylic acids is 2. The number of anilines is 1. The van der Waals surface area contributed by atoms with E-state index in [1.165, 1.54) is 5.56 Å². The molecule has 1 N–H and O–H groups in total. The molecule has 2 rings (SSSR count). The summed E-state index contributed by atoms with van der Waals surface area (Å²) in [4.78, 5) is 23.9. The van der Waals surface area contributed by atoms with Crippen LogP contribution in [0.3, 0.4) is 0 Å². The molecule has 23 heavy (non-hydrogen) atoms. The summed E-state index contributed by atoms with van der Waals surface area (Å²) in [5.74, 6) is -2.30. The summed E-state index contributed by atoms with van der Waals surface area (Å²) < 4.78 is 0. The number of hydrogen-bond acceptors (Lipinski definition) is 3.